The zero-order valence-corrected chi connectivity index (χ0v) is 18.0. The van der Waals surface area contributed by atoms with Crippen LogP contribution >= 0.6 is 11.3 Å². The lowest BCUT2D eigenvalue weighted by Crippen LogP contribution is -1.81. The van der Waals surface area contributed by atoms with Crippen molar-refractivity contribution in [1.82, 2.24) is 4.98 Å². The van der Waals surface area contributed by atoms with Crippen molar-refractivity contribution in [3.05, 3.63) is 97.1 Å². The Labute approximate surface area is 187 Å². The van der Waals surface area contributed by atoms with E-state index in [1.54, 1.807) is 0 Å². The Hall–Kier alpha value is -3.88. The number of aromatic nitrogens is 1. The first-order chi connectivity index (χ1) is 15.9. The van der Waals surface area contributed by atoms with E-state index in [1.165, 1.54) is 74.3 Å². The topological polar surface area (TPSA) is 15.8 Å². The minimum Gasteiger partial charge on any atom is -0.353 e. The zero-order chi connectivity index (χ0) is 20.8. The van der Waals surface area contributed by atoms with Crippen molar-refractivity contribution >= 4 is 85.6 Å². The van der Waals surface area contributed by atoms with Gasteiger partial charge in [0, 0.05) is 41.7 Å². The Kier molecular flexibility index (Phi) is 3.08. The summed E-state index contributed by atoms with van der Waals surface area (Å²) in [6.07, 6.45) is 0. The molecule has 0 fully saturated rings. The van der Waals surface area contributed by atoms with E-state index in [9.17, 15) is 0 Å². The predicted molar refractivity (Wildman–Crippen MR) is 141 cm³/mol. The van der Waals surface area contributed by atoms with Crippen molar-refractivity contribution in [2.45, 2.75) is 0 Å². The summed E-state index contributed by atoms with van der Waals surface area (Å²) in [7, 11) is 0. The largest absolute Gasteiger partial charge is 0.353 e. The Balaban J connectivity index is 1.82. The fourth-order valence-electron chi connectivity index (χ4n) is 5.68. The molecule has 148 valence electrons. The highest BCUT2D eigenvalue weighted by Gasteiger charge is 2.20. The Bertz CT molecular complexity index is 2040. The number of H-pyrrole nitrogens is 1. The summed E-state index contributed by atoms with van der Waals surface area (Å²) in [6.45, 7) is 0. The second-order valence-electron chi connectivity index (χ2n) is 8.56. The first kappa shape index (κ1) is 16.8. The lowest BCUT2D eigenvalue weighted by molar-refractivity contribution is 1.59. The molecule has 8 rings (SSSR count). The molecule has 0 atom stereocenters. The van der Waals surface area contributed by atoms with Gasteiger partial charge in [-0.3, -0.25) is 0 Å². The Morgan fingerprint density at radius 1 is 0.406 bits per heavy atom. The molecule has 0 amide bonds. The van der Waals surface area contributed by atoms with E-state index in [-0.39, 0.29) is 0 Å². The number of aromatic amines is 1. The molecule has 1 nitrogen and oxygen atoms in total. The van der Waals surface area contributed by atoms with E-state index in [4.69, 9.17) is 0 Å². The molecule has 2 aromatic heterocycles. The molecule has 0 aliphatic heterocycles. The molecular weight excluding hydrogens is 406 g/mol. The first-order valence-corrected chi connectivity index (χ1v) is 11.8. The molecule has 0 aliphatic rings. The molecule has 0 spiro atoms. The lowest BCUT2D eigenvalue weighted by Gasteiger charge is -2.08. The van der Waals surface area contributed by atoms with Crippen LogP contribution in [0.1, 0.15) is 0 Å². The highest BCUT2D eigenvalue weighted by atomic mass is 32.1. The molecule has 32 heavy (non-hydrogen) atoms. The monoisotopic (exact) mass is 423 g/mol. The van der Waals surface area contributed by atoms with Crippen LogP contribution in [0.25, 0.3) is 74.3 Å². The van der Waals surface area contributed by atoms with Crippen LogP contribution in [0, 0.1) is 0 Å². The van der Waals surface area contributed by atoms with Crippen LogP contribution in [-0.4, -0.2) is 4.98 Å². The number of benzene rings is 6. The molecule has 0 bridgehead atoms. The van der Waals surface area contributed by atoms with Crippen LogP contribution in [0.4, 0.5) is 0 Å². The molecule has 0 aliphatic carbocycles. The third-order valence-electron chi connectivity index (χ3n) is 6.97. The Morgan fingerprint density at radius 3 is 1.66 bits per heavy atom. The standard InChI is InChI=1S/C30H17NS/c1-3-11-19-17(9-1)18-10-2-5-13-21(18)28-25(19)26-20-12-4-6-14-22(20)30-27(29(26)31-28)23-15-7-8-16-24(23)32-30/h1-16,31H. The molecule has 8 aromatic rings. The maximum Gasteiger partial charge on any atom is 0.0566 e. The van der Waals surface area contributed by atoms with Crippen LogP contribution in [-0.2, 0) is 0 Å². The molecular formula is C30H17NS. The summed E-state index contributed by atoms with van der Waals surface area (Å²) in [5.41, 5.74) is 2.50. The molecule has 0 saturated heterocycles. The quantitative estimate of drug-likeness (QED) is 0.234. The molecule has 0 unspecified atom stereocenters. The van der Waals surface area contributed by atoms with E-state index in [1.807, 2.05) is 11.3 Å². The van der Waals surface area contributed by atoms with Crippen LogP contribution < -0.4 is 0 Å². The summed E-state index contributed by atoms with van der Waals surface area (Å²) in [5, 5.41) is 13.3. The number of fused-ring (bicyclic) bond motifs is 15. The van der Waals surface area contributed by atoms with Crippen LogP contribution in [0.3, 0.4) is 0 Å². The number of rotatable bonds is 0. The SMILES string of the molecule is c1ccc2c(c1)sc1c3ccccc3c3c([nH]c4c5ccccc5c5ccccc5c43)c21. The lowest BCUT2D eigenvalue weighted by atomic mass is 9.94. The van der Waals surface area contributed by atoms with Crippen molar-refractivity contribution in [3.8, 4) is 0 Å². The zero-order valence-electron chi connectivity index (χ0n) is 17.1. The predicted octanol–water partition coefficient (Wildman–Crippen LogP) is 9.15. The normalized spacial score (nSPS) is 12.4. The summed E-state index contributed by atoms with van der Waals surface area (Å²) in [5.74, 6) is 0. The van der Waals surface area contributed by atoms with Crippen molar-refractivity contribution in [1.29, 1.82) is 0 Å². The van der Waals surface area contributed by atoms with Gasteiger partial charge in [-0.15, -0.1) is 11.3 Å². The van der Waals surface area contributed by atoms with Gasteiger partial charge in [-0.2, -0.15) is 0 Å². The summed E-state index contributed by atoms with van der Waals surface area (Å²) < 4.78 is 2.71. The second kappa shape index (κ2) is 5.87. The van der Waals surface area contributed by atoms with Crippen LogP contribution in [0.2, 0.25) is 0 Å². The van der Waals surface area contributed by atoms with E-state index in [2.05, 4.69) is 102 Å². The number of nitrogens with one attached hydrogen (secondary N) is 1. The maximum absolute atomic E-state index is 3.93. The van der Waals surface area contributed by atoms with Gasteiger partial charge in [0.05, 0.1) is 11.0 Å². The number of hydrogen-bond acceptors (Lipinski definition) is 1. The summed E-state index contributed by atoms with van der Waals surface area (Å²) in [4.78, 5) is 3.93. The van der Waals surface area contributed by atoms with Gasteiger partial charge in [-0.05, 0) is 27.6 Å². The molecule has 2 heteroatoms. The highest BCUT2D eigenvalue weighted by Crippen LogP contribution is 2.48. The van der Waals surface area contributed by atoms with E-state index in [0.29, 0.717) is 0 Å². The van der Waals surface area contributed by atoms with Gasteiger partial charge in [0.25, 0.3) is 0 Å². The van der Waals surface area contributed by atoms with Gasteiger partial charge in [0.15, 0.2) is 0 Å². The van der Waals surface area contributed by atoms with Gasteiger partial charge in [0.1, 0.15) is 0 Å². The van der Waals surface area contributed by atoms with Crippen molar-refractivity contribution < 1.29 is 0 Å². The van der Waals surface area contributed by atoms with Crippen molar-refractivity contribution in [2.75, 3.05) is 0 Å². The average molecular weight is 424 g/mol. The molecule has 2 heterocycles. The fourth-order valence-corrected chi connectivity index (χ4v) is 6.93. The summed E-state index contributed by atoms with van der Waals surface area (Å²) >= 11 is 1.90. The average Bonchev–Trinajstić information content (AvgIpc) is 3.44. The minimum atomic E-state index is 1.24. The van der Waals surface area contributed by atoms with Gasteiger partial charge in [-0.25, -0.2) is 0 Å². The molecule has 0 saturated carbocycles. The van der Waals surface area contributed by atoms with Gasteiger partial charge >= 0.3 is 0 Å². The maximum atomic E-state index is 3.93. The van der Waals surface area contributed by atoms with Crippen LogP contribution in [0.15, 0.2) is 97.1 Å². The van der Waals surface area contributed by atoms with Gasteiger partial charge in [-0.1, -0.05) is 91.0 Å². The van der Waals surface area contributed by atoms with Gasteiger partial charge < -0.3 is 4.98 Å². The molecule has 1 N–H and O–H groups in total. The third kappa shape index (κ3) is 1.94. The van der Waals surface area contributed by atoms with E-state index >= 15 is 0 Å². The number of thiophene rings is 1. The third-order valence-corrected chi connectivity index (χ3v) is 8.17. The summed E-state index contributed by atoms with van der Waals surface area (Å²) in [6, 6.07) is 35.4. The molecule has 0 radical (unpaired) electrons. The van der Waals surface area contributed by atoms with E-state index < -0.39 is 0 Å². The first-order valence-electron chi connectivity index (χ1n) is 11.0. The van der Waals surface area contributed by atoms with Crippen LogP contribution in [0.5, 0.6) is 0 Å². The minimum absolute atomic E-state index is 1.24. The smallest absolute Gasteiger partial charge is 0.0566 e. The fraction of sp³-hybridized carbons (Fsp3) is 0. The van der Waals surface area contributed by atoms with E-state index in [0.717, 1.165) is 0 Å². The van der Waals surface area contributed by atoms with Gasteiger partial charge in [0.2, 0.25) is 0 Å². The Morgan fingerprint density at radius 2 is 0.906 bits per heavy atom. The molecule has 6 aromatic carbocycles. The highest BCUT2D eigenvalue weighted by molar-refractivity contribution is 7.27. The van der Waals surface area contributed by atoms with Crippen molar-refractivity contribution in [2.24, 2.45) is 0 Å². The second-order valence-corrected chi connectivity index (χ2v) is 9.62. The number of hydrogen-bond donors (Lipinski definition) is 1. The van der Waals surface area contributed by atoms with Crippen molar-refractivity contribution in [3.63, 3.8) is 0 Å².